The molecule has 3 nitrogen and oxygen atoms in total. The number of thioether (sulfide) groups is 1. The Kier molecular flexibility index (Phi) is 7.73. The van der Waals surface area contributed by atoms with E-state index in [0.29, 0.717) is 11.5 Å². The van der Waals surface area contributed by atoms with Crippen LogP contribution in [0.4, 0.5) is 0 Å². The van der Waals surface area contributed by atoms with Gasteiger partial charge in [-0.2, -0.15) is 0 Å². The van der Waals surface area contributed by atoms with Gasteiger partial charge in [0, 0.05) is 32.2 Å². The molecule has 0 radical (unpaired) electrons. The van der Waals surface area contributed by atoms with E-state index in [1.165, 1.54) is 32.6 Å². The van der Waals surface area contributed by atoms with Gasteiger partial charge in [0.2, 0.25) is 0 Å². The van der Waals surface area contributed by atoms with Gasteiger partial charge in [-0.05, 0) is 31.6 Å². The summed E-state index contributed by atoms with van der Waals surface area (Å²) in [6, 6.07) is 0.659. The van der Waals surface area contributed by atoms with E-state index in [1.54, 1.807) is 11.8 Å². The molecule has 1 heterocycles. The maximum Gasteiger partial charge on any atom is 0.0918 e. The fourth-order valence-corrected chi connectivity index (χ4v) is 2.71. The third-order valence-corrected chi connectivity index (χ3v) is 4.15. The lowest BCUT2D eigenvalue weighted by atomic mass is 9.92. The molecule has 0 aromatic carbocycles. The Morgan fingerprint density at radius 3 is 2.53 bits per heavy atom. The molecule has 0 amide bonds. The van der Waals surface area contributed by atoms with Crippen molar-refractivity contribution < 1.29 is 4.74 Å². The summed E-state index contributed by atoms with van der Waals surface area (Å²) in [7, 11) is 0. The highest BCUT2D eigenvalue weighted by Gasteiger charge is 2.24. The Labute approximate surface area is 124 Å². The molecule has 1 atom stereocenters. The largest absolute Gasteiger partial charge is 0.370 e. The first-order valence-corrected chi connectivity index (χ1v) is 8.85. The number of piperazine rings is 1. The summed E-state index contributed by atoms with van der Waals surface area (Å²) >= 11 is 1.75. The first-order chi connectivity index (χ1) is 8.92. The molecule has 0 unspecified atom stereocenters. The number of hydrogen-bond donors (Lipinski definition) is 0. The Morgan fingerprint density at radius 2 is 1.95 bits per heavy atom. The van der Waals surface area contributed by atoms with E-state index in [4.69, 9.17) is 4.74 Å². The van der Waals surface area contributed by atoms with Crippen molar-refractivity contribution in [3.8, 4) is 0 Å². The van der Waals surface area contributed by atoms with Gasteiger partial charge < -0.3 is 9.64 Å². The monoisotopic (exact) mass is 288 g/mol. The second-order valence-corrected chi connectivity index (χ2v) is 7.62. The summed E-state index contributed by atoms with van der Waals surface area (Å²) in [5.74, 6) is 0.819. The topological polar surface area (TPSA) is 15.7 Å². The summed E-state index contributed by atoms with van der Waals surface area (Å²) in [6.07, 6.45) is 3.37. The van der Waals surface area contributed by atoms with Crippen molar-refractivity contribution in [2.24, 2.45) is 5.41 Å². The third kappa shape index (κ3) is 7.54. The average Bonchev–Trinajstić information content (AvgIpc) is 2.33. The van der Waals surface area contributed by atoms with Crippen molar-refractivity contribution in [2.75, 3.05) is 51.5 Å². The summed E-state index contributed by atoms with van der Waals surface area (Å²) < 4.78 is 5.56. The van der Waals surface area contributed by atoms with Crippen LogP contribution in [0.15, 0.2) is 0 Å². The quantitative estimate of drug-likeness (QED) is 0.528. The molecular weight excluding hydrogens is 256 g/mol. The zero-order chi connectivity index (χ0) is 14.3. The van der Waals surface area contributed by atoms with Crippen LogP contribution in [0, 0.1) is 5.41 Å². The minimum atomic E-state index is 0.450. The van der Waals surface area contributed by atoms with Crippen molar-refractivity contribution >= 4 is 11.8 Å². The lowest BCUT2D eigenvalue weighted by Gasteiger charge is -2.40. The van der Waals surface area contributed by atoms with E-state index >= 15 is 0 Å². The van der Waals surface area contributed by atoms with Gasteiger partial charge in [0.1, 0.15) is 0 Å². The maximum atomic E-state index is 5.56. The van der Waals surface area contributed by atoms with Gasteiger partial charge in [-0.1, -0.05) is 20.8 Å². The standard InChI is InChI=1S/C15H32N2OS/c1-14-12-16(7-6-15(2,3)4)8-9-17(14)10-11-18-13-19-5/h14H,6-13H2,1-5H3/t14-/m0/s1. The SMILES string of the molecule is CSCOCCN1CCN(CCC(C)(C)C)C[C@@H]1C. The second-order valence-electron chi connectivity index (χ2n) is 6.81. The Morgan fingerprint density at radius 1 is 1.21 bits per heavy atom. The number of nitrogens with zero attached hydrogens (tertiary/aromatic N) is 2. The average molecular weight is 289 g/mol. The van der Waals surface area contributed by atoms with Crippen LogP contribution in [0.5, 0.6) is 0 Å². The molecule has 0 bridgehead atoms. The number of hydrogen-bond acceptors (Lipinski definition) is 4. The van der Waals surface area contributed by atoms with Crippen LogP contribution in [-0.2, 0) is 4.74 Å². The van der Waals surface area contributed by atoms with Crippen LogP contribution in [0.25, 0.3) is 0 Å². The molecule has 0 aliphatic carbocycles. The van der Waals surface area contributed by atoms with Crippen LogP contribution in [0.3, 0.4) is 0 Å². The smallest absolute Gasteiger partial charge is 0.0918 e. The predicted octanol–water partition coefficient (Wildman–Crippen LogP) is 2.77. The van der Waals surface area contributed by atoms with E-state index in [2.05, 4.69) is 43.8 Å². The van der Waals surface area contributed by atoms with Crippen molar-refractivity contribution in [3.63, 3.8) is 0 Å². The molecule has 0 aromatic rings. The van der Waals surface area contributed by atoms with Crippen LogP contribution < -0.4 is 0 Å². The fraction of sp³-hybridized carbons (Fsp3) is 1.00. The predicted molar refractivity (Wildman–Crippen MR) is 85.9 cm³/mol. The minimum Gasteiger partial charge on any atom is -0.370 e. The second kappa shape index (κ2) is 8.50. The van der Waals surface area contributed by atoms with Crippen molar-refractivity contribution in [2.45, 2.75) is 40.2 Å². The van der Waals surface area contributed by atoms with Gasteiger partial charge in [-0.3, -0.25) is 4.90 Å². The molecule has 19 heavy (non-hydrogen) atoms. The van der Waals surface area contributed by atoms with E-state index in [9.17, 15) is 0 Å². The van der Waals surface area contributed by atoms with E-state index in [0.717, 1.165) is 19.1 Å². The van der Waals surface area contributed by atoms with Crippen molar-refractivity contribution in [1.82, 2.24) is 9.80 Å². The van der Waals surface area contributed by atoms with E-state index in [1.807, 2.05) is 0 Å². The van der Waals surface area contributed by atoms with Gasteiger partial charge in [0.15, 0.2) is 0 Å². The molecular formula is C15H32N2OS. The lowest BCUT2D eigenvalue weighted by Crippen LogP contribution is -2.53. The number of ether oxygens (including phenoxy) is 1. The summed E-state index contributed by atoms with van der Waals surface area (Å²) in [5, 5.41) is 0. The van der Waals surface area contributed by atoms with Crippen LogP contribution >= 0.6 is 11.8 Å². The Bertz CT molecular complexity index is 243. The highest BCUT2D eigenvalue weighted by atomic mass is 32.2. The van der Waals surface area contributed by atoms with Gasteiger partial charge in [0.05, 0.1) is 12.5 Å². The van der Waals surface area contributed by atoms with Crippen molar-refractivity contribution in [3.05, 3.63) is 0 Å². The molecule has 1 rings (SSSR count). The molecule has 0 aromatic heterocycles. The van der Waals surface area contributed by atoms with Crippen LogP contribution in [-0.4, -0.2) is 67.4 Å². The van der Waals surface area contributed by atoms with E-state index < -0.39 is 0 Å². The molecule has 1 saturated heterocycles. The highest BCUT2D eigenvalue weighted by molar-refractivity contribution is 7.98. The maximum absolute atomic E-state index is 5.56. The van der Waals surface area contributed by atoms with Gasteiger partial charge in [-0.15, -0.1) is 11.8 Å². The minimum absolute atomic E-state index is 0.450. The number of rotatable bonds is 7. The zero-order valence-electron chi connectivity index (χ0n) is 13.4. The van der Waals surface area contributed by atoms with Crippen LogP contribution in [0.1, 0.15) is 34.1 Å². The summed E-state index contributed by atoms with van der Waals surface area (Å²) in [5.41, 5.74) is 0.450. The fourth-order valence-electron chi connectivity index (χ4n) is 2.42. The molecule has 0 saturated carbocycles. The molecule has 1 fully saturated rings. The highest BCUT2D eigenvalue weighted by Crippen LogP contribution is 2.20. The Hall–Kier alpha value is 0.230. The van der Waals surface area contributed by atoms with Gasteiger partial charge in [0.25, 0.3) is 0 Å². The van der Waals surface area contributed by atoms with Gasteiger partial charge in [-0.25, -0.2) is 0 Å². The summed E-state index contributed by atoms with van der Waals surface area (Å²) in [4.78, 5) is 5.18. The molecule has 1 aliphatic rings. The van der Waals surface area contributed by atoms with Crippen molar-refractivity contribution in [1.29, 1.82) is 0 Å². The molecule has 4 heteroatoms. The molecule has 114 valence electrons. The molecule has 1 aliphatic heterocycles. The third-order valence-electron chi connectivity index (χ3n) is 3.75. The Balaban J connectivity index is 2.19. The first-order valence-electron chi connectivity index (χ1n) is 7.45. The lowest BCUT2D eigenvalue weighted by molar-refractivity contribution is 0.0522. The molecule has 0 N–H and O–H groups in total. The zero-order valence-corrected chi connectivity index (χ0v) is 14.3. The first kappa shape index (κ1) is 17.3. The van der Waals surface area contributed by atoms with Gasteiger partial charge >= 0.3 is 0 Å². The van der Waals surface area contributed by atoms with E-state index in [-0.39, 0.29) is 0 Å². The normalized spacial score (nSPS) is 22.9. The molecule has 0 spiro atoms. The summed E-state index contributed by atoms with van der Waals surface area (Å²) in [6.45, 7) is 16.1. The van der Waals surface area contributed by atoms with Crippen LogP contribution in [0.2, 0.25) is 0 Å².